The van der Waals surface area contributed by atoms with E-state index in [1.165, 1.54) is 0 Å². The topological polar surface area (TPSA) is 39.1 Å². The number of carbonyl (C=O) groups excluding carboxylic acids is 1. The summed E-state index contributed by atoms with van der Waals surface area (Å²) in [6.45, 7) is -0.589. The molecule has 1 aromatic rings. The quantitative estimate of drug-likeness (QED) is 0.677. The molecule has 6 heteroatoms. The van der Waals surface area contributed by atoms with Crippen LogP contribution in [0.5, 0.6) is 0 Å². The number of aldehydes is 1. The Labute approximate surface area is 76.8 Å². The SMILES string of the molecule is O=CCn1c(C(F)(F)F)cccc1=O. The summed E-state index contributed by atoms with van der Waals surface area (Å²) >= 11 is 0. The first-order valence-corrected chi connectivity index (χ1v) is 3.67. The molecule has 1 rings (SSSR count). The van der Waals surface area contributed by atoms with Gasteiger partial charge in [0.1, 0.15) is 12.0 Å². The minimum absolute atomic E-state index is 0.247. The summed E-state index contributed by atoms with van der Waals surface area (Å²) in [5.74, 6) is 0. The Hall–Kier alpha value is -1.59. The van der Waals surface area contributed by atoms with Crippen molar-refractivity contribution >= 4 is 6.29 Å². The van der Waals surface area contributed by atoms with Crippen LogP contribution in [0, 0.1) is 0 Å². The van der Waals surface area contributed by atoms with Crippen LogP contribution in [0.25, 0.3) is 0 Å². The zero-order valence-electron chi connectivity index (χ0n) is 6.91. The average molecular weight is 205 g/mol. The molecule has 0 saturated heterocycles. The highest BCUT2D eigenvalue weighted by atomic mass is 19.4. The Bertz CT molecular complexity index is 394. The van der Waals surface area contributed by atoms with Gasteiger partial charge in [0.2, 0.25) is 0 Å². The van der Waals surface area contributed by atoms with Crippen LogP contribution in [-0.4, -0.2) is 10.9 Å². The van der Waals surface area contributed by atoms with Gasteiger partial charge < -0.3 is 4.79 Å². The minimum atomic E-state index is -4.62. The summed E-state index contributed by atoms with van der Waals surface area (Å²) < 4.78 is 37.2. The third-order valence-electron chi connectivity index (χ3n) is 1.60. The van der Waals surface area contributed by atoms with Gasteiger partial charge in [-0.05, 0) is 6.07 Å². The zero-order chi connectivity index (χ0) is 10.8. The van der Waals surface area contributed by atoms with E-state index in [0.29, 0.717) is 4.57 Å². The molecule has 0 N–H and O–H groups in total. The first-order chi connectivity index (χ1) is 6.46. The smallest absolute Gasteiger partial charge is 0.301 e. The molecule has 0 aliphatic heterocycles. The number of halogens is 3. The van der Waals surface area contributed by atoms with Gasteiger partial charge in [0, 0.05) is 6.07 Å². The van der Waals surface area contributed by atoms with Crippen LogP contribution in [0.3, 0.4) is 0 Å². The summed E-state index contributed by atoms with van der Waals surface area (Å²) in [5.41, 5.74) is -1.95. The highest BCUT2D eigenvalue weighted by Crippen LogP contribution is 2.27. The molecule has 0 aromatic carbocycles. The van der Waals surface area contributed by atoms with Gasteiger partial charge in [0.05, 0.1) is 6.54 Å². The molecule has 1 aromatic heterocycles. The lowest BCUT2D eigenvalue weighted by atomic mass is 10.3. The van der Waals surface area contributed by atoms with Crippen molar-refractivity contribution in [2.24, 2.45) is 0 Å². The molecular weight excluding hydrogens is 199 g/mol. The predicted octanol–water partition coefficient (Wildman–Crippen LogP) is 1.07. The summed E-state index contributed by atoms with van der Waals surface area (Å²) in [6.07, 6.45) is -4.37. The molecule has 0 atom stereocenters. The van der Waals surface area contributed by atoms with E-state index < -0.39 is 24.0 Å². The Balaban J connectivity index is 3.35. The second-order valence-electron chi connectivity index (χ2n) is 2.52. The highest BCUT2D eigenvalue weighted by Gasteiger charge is 2.33. The third kappa shape index (κ3) is 2.01. The van der Waals surface area contributed by atoms with Gasteiger partial charge in [-0.25, -0.2) is 0 Å². The molecule has 1 heterocycles. The van der Waals surface area contributed by atoms with E-state index in [-0.39, 0.29) is 6.29 Å². The number of carbonyl (C=O) groups is 1. The number of nitrogens with zero attached hydrogens (tertiary/aromatic N) is 1. The summed E-state index contributed by atoms with van der Waals surface area (Å²) in [5, 5.41) is 0. The van der Waals surface area contributed by atoms with Gasteiger partial charge in [0.15, 0.2) is 0 Å². The summed E-state index contributed by atoms with van der Waals surface area (Å²) in [6, 6.07) is 2.73. The van der Waals surface area contributed by atoms with Crippen molar-refractivity contribution in [2.45, 2.75) is 12.7 Å². The molecule has 0 radical (unpaired) electrons. The fourth-order valence-electron chi connectivity index (χ4n) is 1.03. The van der Waals surface area contributed by atoms with Crippen molar-refractivity contribution in [3.05, 3.63) is 34.2 Å². The first-order valence-electron chi connectivity index (χ1n) is 3.67. The molecule has 14 heavy (non-hydrogen) atoms. The fraction of sp³-hybridized carbons (Fsp3) is 0.250. The first kappa shape index (κ1) is 10.5. The summed E-state index contributed by atoms with van der Waals surface area (Å²) in [7, 11) is 0. The minimum Gasteiger partial charge on any atom is -0.301 e. The van der Waals surface area contributed by atoms with E-state index in [1.54, 1.807) is 0 Å². The lowest BCUT2D eigenvalue weighted by Crippen LogP contribution is -2.27. The second kappa shape index (κ2) is 3.65. The molecule has 76 valence electrons. The molecule has 0 fully saturated rings. The predicted molar refractivity (Wildman–Crippen MR) is 41.8 cm³/mol. The van der Waals surface area contributed by atoms with E-state index in [2.05, 4.69) is 0 Å². The van der Waals surface area contributed by atoms with Crippen LogP contribution < -0.4 is 5.56 Å². The van der Waals surface area contributed by atoms with Crippen LogP contribution in [0.1, 0.15) is 5.69 Å². The number of pyridine rings is 1. The van der Waals surface area contributed by atoms with Gasteiger partial charge in [-0.15, -0.1) is 0 Å². The van der Waals surface area contributed by atoms with Crippen molar-refractivity contribution in [3.8, 4) is 0 Å². The van der Waals surface area contributed by atoms with Crippen molar-refractivity contribution < 1.29 is 18.0 Å². The number of aromatic nitrogens is 1. The molecule has 0 amide bonds. The number of hydrogen-bond acceptors (Lipinski definition) is 2. The van der Waals surface area contributed by atoms with Crippen molar-refractivity contribution in [1.29, 1.82) is 0 Å². The average Bonchev–Trinajstić information content (AvgIpc) is 2.07. The van der Waals surface area contributed by atoms with Crippen molar-refractivity contribution in [1.82, 2.24) is 4.57 Å². The van der Waals surface area contributed by atoms with Crippen LogP contribution in [0.2, 0.25) is 0 Å². The maximum Gasteiger partial charge on any atom is 0.431 e. The maximum atomic E-state index is 12.3. The van der Waals surface area contributed by atoms with Crippen LogP contribution in [-0.2, 0) is 17.5 Å². The summed E-state index contributed by atoms with van der Waals surface area (Å²) in [4.78, 5) is 21.1. The monoisotopic (exact) mass is 205 g/mol. The van der Waals surface area contributed by atoms with Crippen molar-refractivity contribution in [2.75, 3.05) is 0 Å². The highest BCUT2D eigenvalue weighted by molar-refractivity contribution is 5.49. The van der Waals surface area contributed by atoms with E-state index in [9.17, 15) is 22.8 Å². The standard InChI is InChI=1S/C8H6F3NO2/c9-8(10,11)6-2-1-3-7(14)12(6)4-5-13/h1-3,5H,4H2. The Morgan fingerprint density at radius 2 is 2.00 bits per heavy atom. The molecule has 0 saturated carbocycles. The van der Waals surface area contributed by atoms with Crippen LogP contribution >= 0.6 is 0 Å². The van der Waals surface area contributed by atoms with E-state index in [4.69, 9.17) is 0 Å². The van der Waals surface area contributed by atoms with E-state index in [0.717, 1.165) is 18.2 Å². The molecular formula is C8H6F3NO2. The van der Waals surface area contributed by atoms with Gasteiger partial charge >= 0.3 is 6.18 Å². The Kier molecular flexibility index (Phi) is 2.73. The lowest BCUT2D eigenvalue weighted by Gasteiger charge is -2.12. The molecule has 0 bridgehead atoms. The van der Waals surface area contributed by atoms with E-state index >= 15 is 0 Å². The third-order valence-corrected chi connectivity index (χ3v) is 1.60. The Morgan fingerprint density at radius 3 is 2.50 bits per heavy atom. The van der Waals surface area contributed by atoms with E-state index in [1.807, 2.05) is 0 Å². The number of hydrogen-bond donors (Lipinski definition) is 0. The molecule has 0 aliphatic rings. The van der Waals surface area contributed by atoms with Gasteiger partial charge in [-0.2, -0.15) is 13.2 Å². The maximum absolute atomic E-state index is 12.3. The largest absolute Gasteiger partial charge is 0.431 e. The van der Waals surface area contributed by atoms with Gasteiger partial charge in [-0.1, -0.05) is 6.07 Å². The lowest BCUT2D eigenvalue weighted by molar-refractivity contribution is -0.144. The second-order valence-corrected chi connectivity index (χ2v) is 2.52. The van der Waals surface area contributed by atoms with Crippen LogP contribution in [0.4, 0.5) is 13.2 Å². The van der Waals surface area contributed by atoms with Crippen molar-refractivity contribution in [3.63, 3.8) is 0 Å². The normalized spacial score (nSPS) is 11.4. The Morgan fingerprint density at radius 1 is 1.36 bits per heavy atom. The van der Waals surface area contributed by atoms with Crippen LogP contribution in [0.15, 0.2) is 23.0 Å². The molecule has 0 aliphatic carbocycles. The van der Waals surface area contributed by atoms with Gasteiger partial charge in [-0.3, -0.25) is 9.36 Å². The van der Waals surface area contributed by atoms with Gasteiger partial charge in [0.25, 0.3) is 5.56 Å². The number of rotatable bonds is 2. The number of alkyl halides is 3. The molecule has 0 spiro atoms. The molecule has 0 unspecified atom stereocenters. The fourth-order valence-corrected chi connectivity index (χ4v) is 1.03. The zero-order valence-corrected chi connectivity index (χ0v) is 6.91. The molecule has 3 nitrogen and oxygen atoms in total.